The van der Waals surface area contributed by atoms with E-state index < -0.39 is 0 Å². The van der Waals surface area contributed by atoms with Gasteiger partial charge in [0.15, 0.2) is 5.78 Å². The Labute approximate surface area is 94.4 Å². The van der Waals surface area contributed by atoms with Gasteiger partial charge >= 0.3 is 5.97 Å². The van der Waals surface area contributed by atoms with Crippen molar-refractivity contribution in [2.24, 2.45) is 5.73 Å². The number of benzene rings is 1. The van der Waals surface area contributed by atoms with Crippen LogP contribution in [0.2, 0.25) is 0 Å². The zero-order valence-electron chi connectivity index (χ0n) is 9.23. The van der Waals surface area contributed by atoms with E-state index in [1.807, 2.05) is 0 Å². The van der Waals surface area contributed by atoms with E-state index >= 15 is 0 Å². The van der Waals surface area contributed by atoms with Crippen LogP contribution in [0.5, 0.6) is 0 Å². The summed E-state index contributed by atoms with van der Waals surface area (Å²) in [6, 6.07) is 6.77. The van der Waals surface area contributed by atoms with Gasteiger partial charge < -0.3 is 10.5 Å². The first-order valence-corrected chi connectivity index (χ1v) is 5.15. The number of ether oxygens (including phenoxy) is 1. The second-order valence-corrected chi connectivity index (χ2v) is 3.34. The summed E-state index contributed by atoms with van der Waals surface area (Å²) in [7, 11) is 0. The molecule has 0 radical (unpaired) electrons. The Kier molecular flexibility index (Phi) is 4.66. The van der Waals surface area contributed by atoms with Crippen LogP contribution < -0.4 is 5.73 Å². The molecule has 0 spiro atoms. The lowest BCUT2D eigenvalue weighted by atomic mass is 10.1. The van der Waals surface area contributed by atoms with Crippen molar-refractivity contribution in [3.05, 3.63) is 35.4 Å². The third-order valence-corrected chi connectivity index (χ3v) is 2.09. The predicted molar refractivity (Wildman–Crippen MR) is 60.2 cm³/mol. The van der Waals surface area contributed by atoms with Gasteiger partial charge in [-0.15, -0.1) is 0 Å². The number of esters is 1. The molecule has 0 saturated heterocycles. The van der Waals surface area contributed by atoms with E-state index in [0.717, 1.165) is 5.56 Å². The molecule has 0 saturated carbocycles. The van der Waals surface area contributed by atoms with Crippen LogP contribution in [0.1, 0.15) is 22.8 Å². The average molecular weight is 221 g/mol. The molecular weight excluding hydrogens is 206 g/mol. The molecule has 1 rings (SSSR count). The molecule has 86 valence electrons. The lowest BCUT2D eigenvalue weighted by Crippen LogP contribution is -2.15. The van der Waals surface area contributed by atoms with Crippen LogP contribution >= 0.6 is 0 Å². The van der Waals surface area contributed by atoms with Crippen molar-refractivity contribution >= 4 is 11.8 Å². The summed E-state index contributed by atoms with van der Waals surface area (Å²) in [6.07, 6.45) is 0.305. The largest absolute Gasteiger partial charge is 0.462 e. The summed E-state index contributed by atoms with van der Waals surface area (Å²) in [4.78, 5) is 22.4. The van der Waals surface area contributed by atoms with E-state index in [4.69, 9.17) is 10.5 Å². The molecule has 1 aromatic rings. The number of carbonyl (C=O) groups excluding carboxylic acids is 2. The number of rotatable bonds is 5. The smallest absolute Gasteiger partial charge is 0.338 e. The fourth-order valence-electron chi connectivity index (χ4n) is 1.27. The number of hydrogen-bond acceptors (Lipinski definition) is 4. The molecule has 0 unspecified atom stereocenters. The summed E-state index contributed by atoms with van der Waals surface area (Å²) in [5.41, 5.74) is 6.56. The first kappa shape index (κ1) is 12.4. The van der Waals surface area contributed by atoms with Crippen LogP contribution in [0.25, 0.3) is 0 Å². The molecule has 0 heterocycles. The van der Waals surface area contributed by atoms with E-state index in [-0.39, 0.29) is 18.3 Å². The van der Waals surface area contributed by atoms with Gasteiger partial charge in [-0.3, -0.25) is 4.79 Å². The highest BCUT2D eigenvalue weighted by molar-refractivity contribution is 5.89. The molecular formula is C12H15NO3. The topological polar surface area (TPSA) is 69.4 Å². The number of ketones is 1. The lowest BCUT2D eigenvalue weighted by molar-refractivity contribution is -0.117. The van der Waals surface area contributed by atoms with Crippen molar-refractivity contribution in [2.75, 3.05) is 13.2 Å². The van der Waals surface area contributed by atoms with Gasteiger partial charge in [0, 0.05) is 6.42 Å². The Bertz CT molecular complexity index is 370. The minimum Gasteiger partial charge on any atom is -0.462 e. The maximum Gasteiger partial charge on any atom is 0.338 e. The highest BCUT2D eigenvalue weighted by Crippen LogP contribution is 2.06. The van der Waals surface area contributed by atoms with Crippen LogP contribution in [-0.4, -0.2) is 24.9 Å². The summed E-state index contributed by atoms with van der Waals surface area (Å²) in [6.45, 7) is 2.15. The third-order valence-electron chi connectivity index (χ3n) is 2.09. The van der Waals surface area contributed by atoms with Gasteiger partial charge in [0.05, 0.1) is 18.7 Å². The van der Waals surface area contributed by atoms with Crippen LogP contribution in [0, 0.1) is 0 Å². The van der Waals surface area contributed by atoms with Crippen LogP contribution in [0.15, 0.2) is 24.3 Å². The number of Topliss-reactive ketones (excluding diaryl/α,β-unsaturated/α-hetero) is 1. The maximum atomic E-state index is 11.3. The maximum absolute atomic E-state index is 11.3. The fraction of sp³-hybridized carbons (Fsp3) is 0.333. The highest BCUT2D eigenvalue weighted by Gasteiger charge is 2.06. The Morgan fingerprint density at radius 3 is 2.38 bits per heavy atom. The minimum absolute atomic E-state index is 0.0242. The second-order valence-electron chi connectivity index (χ2n) is 3.34. The average Bonchev–Trinajstić information content (AvgIpc) is 2.30. The molecule has 0 bridgehead atoms. The summed E-state index contributed by atoms with van der Waals surface area (Å²) >= 11 is 0. The van der Waals surface area contributed by atoms with E-state index in [9.17, 15) is 9.59 Å². The molecule has 0 aromatic heterocycles. The molecule has 0 aliphatic heterocycles. The number of nitrogens with two attached hydrogens (primary N) is 1. The molecule has 0 aliphatic carbocycles. The lowest BCUT2D eigenvalue weighted by Gasteiger charge is -2.03. The second kappa shape index (κ2) is 6.02. The zero-order valence-corrected chi connectivity index (χ0v) is 9.23. The van der Waals surface area contributed by atoms with Crippen LogP contribution in [-0.2, 0) is 16.0 Å². The molecule has 4 heteroatoms. The van der Waals surface area contributed by atoms with Crippen molar-refractivity contribution < 1.29 is 14.3 Å². The van der Waals surface area contributed by atoms with Gasteiger partial charge in [-0.2, -0.15) is 0 Å². The van der Waals surface area contributed by atoms with Crippen molar-refractivity contribution in [1.29, 1.82) is 0 Å². The molecule has 0 amide bonds. The van der Waals surface area contributed by atoms with E-state index in [1.54, 1.807) is 31.2 Å². The molecule has 0 aliphatic rings. The molecule has 0 fully saturated rings. The van der Waals surface area contributed by atoms with Crippen molar-refractivity contribution in [1.82, 2.24) is 0 Å². The van der Waals surface area contributed by atoms with Gasteiger partial charge in [-0.25, -0.2) is 4.79 Å². The first-order valence-electron chi connectivity index (χ1n) is 5.15. The Hall–Kier alpha value is -1.68. The van der Waals surface area contributed by atoms with E-state index in [2.05, 4.69) is 0 Å². The highest BCUT2D eigenvalue weighted by atomic mass is 16.5. The zero-order chi connectivity index (χ0) is 12.0. The monoisotopic (exact) mass is 221 g/mol. The Balaban J connectivity index is 2.67. The van der Waals surface area contributed by atoms with Gasteiger partial charge in [0.25, 0.3) is 0 Å². The fourth-order valence-corrected chi connectivity index (χ4v) is 1.27. The standard InChI is InChI=1S/C12H15NO3/c1-2-16-12(15)10-5-3-9(4-6-10)7-11(14)8-13/h3-6H,2,7-8,13H2,1H3. The van der Waals surface area contributed by atoms with Crippen molar-refractivity contribution in [3.8, 4) is 0 Å². The molecule has 4 nitrogen and oxygen atoms in total. The predicted octanol–water partition coefficient (Wildman–Crippen LogP) is 0.934. The van der Waals surface area contributed by atoms with Crippen LogP contribution in [0.4, 0.5) is 0 Å². The quantitative estimate of drug-likeness (QED) is 0.751. The molecule has 16 heavy (non-hydrogen) atoms. The first-order chi connectivity index (χ1) is 7.67. The van der Waals surface area contributed by atoms with Crippen molar-refractivity contribution in [2.45, 2.75) is 13.3 Å². The SMILES string of the molecule is CCOC(=O)c1ccc(CC(=O)CN)cc1. The van der Waals surface area contributed by atoms with Gasteiger partial charge in [-0.05, 0) is 24.6 Å². The number of carbonyl (C=O) groups is 2. The summed E-state index contributed by atoms with van der Waals surface area (Å²) in [5, 5.41) is 0. The van der Waals surface area contributed by atoms with E-state index in [0.29, 0.717) is 18.6 Å². The van der Waals surface area contributed by atoms with Gasteiger partial charge in [0.1, 0.15) is 0 Å². The van der Waals surface area contributed by atoms with Gasteiger partial charge in [-0.1, -0.05) is 12.1 Å². The summed E-state index contributed by atoms with van der Waals surface area (Å²) in [5.74, 6) is -0.372. The number of hydrogen-bond donors (Lipinski definition) is 1. The Morgan fingerprint density at radius 2 is 1.88 bits per heavy atom. The normalized spacial score (nSPS) is 9.88. The van der Waals surface area contributed by atoms with Gasteiger partial charge in [0.2, 0.25) is 0 Å². The Morgan fingerprint density at radius 1 is 1.25 bits per heavy atom. The molecule has 2 N–H and O–H groups in total. The van der Waals surface area contributed by atoms with Crippen LogP contribution in [0.3, 0.4) is 0 Å². The summed E-state index contributed by atoms with van der Waals surface area (Å²) < 4.78 is 4.84. The molecule has 1 aromatic carbocycles. The van der Waals surface area contributed by atoms with Crippen molar-refractivity contribution in [3.63, 3.8) is 0 Å². The molecule has 0 atom stereocenters. The van der Waals surface area contributed by atoms with E-state index in [1.165, 1.54) is 0 Å². The minimum atomic E-state index is -0.348. The third kappa shape index (κ3) is 3.47.